The van der Waals surface area contributed by atoms with Crippen LogP contribution in [0.25, 0.3) is 0 Å². The molecule has 0 saturated carbocycles. The molecule has 0 aliphatic heterocycles. The number of benzene rings is 2. The highest BCUT2D eigenvalue weighted by atomic mass is 79.9. The predicted molar refractivity (Wildman–Crippen MR) is 80.8 cm³/mol. The minimum absolute atomic E-state index is 0.0853. The van der Waals surface area contributed by atoms with E-state index < -0.39 is 0 Å². The van der Waals surface area contributed by atoms with Gasteiger partial charge < -0.3 is 5.73 Å². The van der Waals surface area contributed by atoms with Crippen molar-refractivity contribution < 1.29 is 0 Å². The van der Waals surface area contributed by atoms with Crippen LogP contribution in [0, 0.1) is 20.8 Å². The zero-order chi connectivity index (χ0) is 13.3. The van der Waals surface area contributed by atoms with Gasteiger partial charge in [-0.05, 0) is 37.5 Å². The molecule has 2 heteroatoms. The van der Waals surface area contributed by atoms with Gasteiger partial charge in [0.1, 0.15) is 0 Å². The summed E-state index contributed by atoms with van der Waals surface area (Å²) in [4.78, 5) is 0. The molecule has 0 aromatic heterocycles. The standard InChI is InChI=1S/C16H18BrN/c1-10-7-11(2)9-13(8-10)16(18)14-6-4-5-12(3)15(14)17/h4-9,16H,18H2,1-3H3. The highest BCUT2D eigenvalue weighted by Gasteiger charge is 2.13. The SMILES string of the molecule is Cc1cc(C)cc(C(N)c2cccc(C)c2Br)c1. The van der Waals surface area contributed by atoms with Gasteiger partial charge in [0.05, 0.1) is 6.04 Å². The topological polar surface area (TPSA) is 26.0 Å². The molecule has 1 nitrogen and oxygen atoms in total. The van der Waals surface area contributed by atoms with Gasteiger partial charge in [-0.1, -0.05) is 63.5 Å². The lowest BCUT2D eigenvalue weighted by Gasteiger charge is -2.17. The van der Waals surface area contributed by atoms with E-state index in [-0.39, 0.29) is 6.04 Å². The van der Waals surface area contributed by atoms with Crippen LogP contribution in [-0.4, -0.2) is 0 Å². The van der Waals surface area contributed by atoms with Crippen LogP contribution in [0.5, 0.6) is 0 Å². The van der Waals surface area contributed by atoms with Crippen molar-refractivity contribution in [2.45, 2.75) is 26.8 Å². The molecule has 0 heterocycles. The van der Waals surface area contributed by atoms with Crippen molar-refractivity contribution in [1.82, 2.24) is 0 Å². The normalized spacial score (nSPS) is 12.5. The highest BCUT2D eigenvalue weighted by molar-refractivity contribution is 9.10. The number of rotatable bonds is 2. The van der Waals surface area contributed by atoms with E-state index in [1.54, 1.807) is 0 Å². The maximum Gasteiger partial charge on any atom is 0.0563 e. The Morgan fingerprint density at radius 3 is 2.22 bits per heavy atom. The van der Waals surface area contributed by atoms with Gasteiger partial charge in [-0.15, -0.1) is 0 Å². The first-order valence-corrected chi connectivity index (χ1v) is 6.87. The molecule has 0 bridgehead atoms. The van der Waals surface area contributed by atoms with Crippen LogP contribution < -0.4 is 5.73 Å². The van der Waals surface area contributed by atoms with Gasteiger partial charge in [0.2, 0.25) is 0 Å². The van der Waals surface area contributed by atoms with Gasteiger partial charge in [0, 0.05) is 4.47 Å². The Morgan fingerprint density at radius 1 is 1.00 bits per heavy atom. The van der Waals surface area contributed by atoms with E-state index in [4.69, 9.17) is 5.73 Å². The van der Waals surface area contributed by atoms with Crippen LogP contribution >= 0.6 is 15.9 Å². The fourth-order valence-corrected chi connectivity index (χ4v) is 2.79. The minimum Gasteiger partial charge on any atom is -0.320 e. The van der Waals surface area contributed by atoms with Crippen LogP contribution in [0.2, 0.25) is 0 Å². The number of halogens is 1. The quantitative estimate of drug-likeness (QED) is 0.873. The van der Waals surface area contributed by atoms with E-state index in [2.05, 4.69) is 73.1 Å². The molecule has 18 heavy (non-hydrogen) atoms. The molecule has 94 valence electrons. The Balaban J connectivity index is 2.47. The van der Waals surface area contributed by atoms with Crippen molar-refractivity contribution in [1.29, 1.82) is 0 Å². The lowest BCUT2D eigenvalue weighted by atomic mass is 9.95. The summed E-state index contributed by atoms with van der Waals surface area (Å²) in [7, 11) is 0. The molecule has 2 aromatic rings. The molecule has 2 rings (SSSR count). The Hall–Kier alpha value is -1.12. The molecule has 2 N–H and O–H groups in total. The average molecular weight is 304 g/mol. The third-order valence-electron chi connectivity index (χ3n) is 3.16. The Labute approximate surface area is 117 Å². The summed E-state index contributed by atoms with van der Waals surface area (Å²) in [5.41, 5.74) is 12.4. The molecule has 0 radical (unpaired) electrons. The van der Waals surface area contributed by atoms with Crippen molar-refractivity contribution in [2.24, 2.45) is 5.73 Å². The van der Waals surface area contributed by atoms with Crippen LogP contribution in [-0.2, 0) is 0 Å². The summed E-state index contributed by atoms with van der Waals surface area (Å²) in [6.07, 6.45) is 0. The number of nitrogens with two attached hydrogens (primary N) is 1. The Kier molecular flexibility index (Phi) is 3.88. The van der Waals surface area contributed by atoms with Gasteiger partial charge in [-0.25, -0.2) is 0 Å². The molecular formula is C16H18BrN. The molecule has 1 unspecified atom stereocenters. The third-order valence-corrected chi connectivity index (χ3v) is 4.24. The lowest BCUT2D eigenvalue weighted by Crippen LogP contribution is -2.13. The Morgan fingerprint density at radius 2 is 1.61 bits per heavy atom. The molecule has 0 fully saturated rings. The maximum atomic E-state index is 6.39. The molecule has 0 aliphatic rings. The van der Waals surface area contributed by atoms with Crippen molar-refractivity contribution in [3.05, 3.63) is 68.7 Å². The average Bonchev–Trinajstić information content (AvgIpc) is 2.30. The molecule has 0 spiro atoms. The summed E-state index contributed by atoms with van der Waals surface area (Å²) >= 11 is 3.64. The minimum atomic E-state index is -0.0853. The second kappa shape index (κ2) is 5.25. The van der Waals surface area contributed by atoms with Crippen LogP contribution in [0.3, 0.4) is 0 Å². The van der Waals surface area contributed by atoms with Gasteiger partial charge >= 0.3 is 0 Å². The highest BCUT2D eigenvalue weighted by Crippen LogP contribution is 2.29. The Bertz CT molecular complexity index is 555. The number of hydrogen-bond acceptors (Lipinski definition) is 1. The zero-order valence-electron chi connectivity index (χ0n) is 11.0. The fraction of sp³-hybridized carbons (Fsp3) is 0.250. The van der Waals surface area contributed by atoms with Gasteiger partial charge in [0.25, 0.3) is 0 Å². The van der Waals surface area contributed by atoms with Crippen molar-refractivity contribution in [3.8, 4) is 0 Å². The summed E-state index contributed by atoms with van der Waals surface area (Å²) in [6.45, 7) is 6.30. The van der Waals surface area contributed by atoms with Crippen LogP contribution in [0.1, 0.15) is 33.9 Å². The van der Waals surface area contributed by atoms with E-state index in [0.717, 1.165) is 10.0 Å². The molecule has 2 aromatic carbocycles. The first-order chi connectivity index (χ1) is 8.49. The van der Waals surface area contributed by atoms with Crippen molar-refractivity contribution in [2.75, 3.05) is 0 Å². The van der Waals surface area contributed by atoms with E-state index in [0.29, 0.717) is 0 Å². The largest absolute Gasteiger partial charge is 0.320 e. The van der Waals surface area contributed by atoms with Crippen LogP contribution in [0.15, 0.2) is 40.9 Å². The first kappa shape index (κ1) is 13.3. The molecular weight excluding hydrogens is 286 g/mol. The zero-order valence-corrected chi connectivity index (χ0v) is 12.6. The second-order valence-corrected chi connectivity index (χ2v) is 5.67. The molecule has 1 atom stereocenters. The maximum absolute atomic E-state index is 6.39. The van der Waals surface area contributed by atoms with E-state index in [1.165, 1.54) is 22.3 Å². The van der Waals surface area contributed by atoms with Gasteiger partial charge in [0.15, 0.2) is 0 Å². The molecule has 0 aliphatic carbocycles. The van der Waals surface area contributed by atoms with Gasteiger partial charge in [-0.2, -0.15) is 0 Å². The third kappa shape index (κ3) is 2.65. The summed E-state index contributed by atoms with van der Waals surface area (Å²) in [5, 5.41) is 0. The van der Waals surface area contributed by atoms with E-state index >= 15 is 0 Å². The molecule has 0 amide bonds. The van der Waals surface area contributed by atoms with E-state index in [1.807, 2.05) is 0 Å². The predicted octanol–water partition coefficient (Wildman–Crippen LogP) is 4.42. The van der Waals surface area contributed by atoms with Gasteiger partial charge in [-0.3, -0.25) is 0 Å². The van der Waals surface area contributed by atoms with Crippen LogP contribution in [0.4, 0.5) is 0 Å². The van der Waals surface area contributed by atoms with Crippen molar-refractivity contribution >= 4 is 15.9 Å². The van der Waals surface area contributed by atoms with E-state index in [9.17, 15) is 0 Å². The number of aryl methyl sites for hydroxylation is 3. The second-order valence-electron chi connectivity index (χ2n) is 4.88. The smallest absolute Gasteiger partial charge is 0.0563 e. The molecule has 0 saturated heterocycles. The monoisotopic (exact) mass is 303 g/mol. The van der Waals surface area contributed by atoms with Crippen molar-refractivity contribution in [3.63, 3.8) is 0 Å². The summed E-state index contributed by atoms with van der Waals surface area (Å²) in [6, 6.07) is 12.6. The summed E-state index contributed by atoms with van der Waals surface area (Å²) in [5.74, 6) is 0. The summed E-state index contributed by atoms with van der Waals surface area (Å²) < 4.78 is 1.11. The fourth-order valence-electron chi connectivity index (χ4n) is 2.28. The lowest BCUT2D eigenvalue weighted by molar-refractivity contribution is 0.860. The first-order valence-electron chi connectivity index (χ1n) is 6.08. The number of hydrogen-bond donors (Lipinski definition) is 1.